The average molecular weight is 340 g/mol. The molecule has 132 valence electrons. The van der Waals surface area contributed by atoms with E-state index in [0.29, 0.717) is 12.1 Å². The van der Waals surface area contributed by atoms with Crippen LogP contribution < -0.4 is 10.6 Å². The minimum Gasteiger partial charge on any atom is -0.443 e. The van der Waals surface area contributed by atoms with Gasteiger partial charge in [0.05, 0.1) is 11.7 Å². The van der Waals surface area contributed by atoms with E-state index in [4.69, 9.17) is 10.5 Å². The van der Waals surface area contributed by atoms with Crippen molar-refractivity contribution in [3.05, 3.63) is 66.2 Å². The lowest BCUT2D eigenvalue weighted by Crippen LogP contribution is -2.49. The molecule has 0 aliphatic rings. The zero-order valence-electron chi connectivity index (χ0n) is 14.8. The van der Waals surface area contributed by atoms with E-state index >= 15 is 0 Å². The Kier molecular flexibility index (Phi) is 5.93. The van der Waals surface area contributed by atoms with Crippen molar-refractivity contribution in [2.24, 2.45) is 5.73 Å². The summed E-state index contributed by atoms with van der Waals surface area (Å²) in [5.41, 5.74) is 6.74. The number of hydrogen-bond acceptors (Lipinski definition) is 4. The van der Waals surface area contributed by atoms with Gasteiger partial charge in [0.25, 0.3) is 5.91 Å². The molecule has 2 N–H and O–H groups in total. The highest BCUT2D eigenvalue weighted by atomic mass is 16.6. The Morgan fingerprint density at radius 2 is 1.52 bits per heavy atom. The molecule has 0 saturated carbocycles. The van der Waals surface area contributed by atoms with Crippen LogP contribution in [0.1, 0.15) is 26.3 Å². The van der Waals surface area contributed by atoms with Crippen molar-refractivity contribution in [2.45, 2.75) is 38.8 Å². The summed E-state index contributed by atoms with van der Waals surface area (Å²) in [4.78, 5) is 26.5. The second-order valence-corrected chi connectivity index (χ2v) is 6.79. The normalized spacial score (nSPS) is 12.3. The number of amides is 2. The summed E-state index contributed by atoms with van der Waals surface area (Å²) in [6, 6.07) is 17.3. The van der Waals surface area contributed by atoms with E-state index in [2.05, 4.69) is 0 Å². The van der Waals surface area contributed by atoms with Gasteiger partial charge in [-0.3, -0.25) is 4.79 Å². The van der Waals surface area contributed by atoms with Gasteiger partial charge in [-0.1, -0.05) is 48.5 Å². The fourth-order valence-electron chi connectivity index (χ4n) is 2.33. The molecule has 1 atom stereocenters. The molecule has 2 aromatic carbocycles. The first kappa shape index (κ1) is 18.7. The lowest BCUT2D eigenvalue weighted by molar-refractivity contribution is -0.119. The molecule has 2 rings (SSSR count). The van der Waals surface area contributed by atoms with Crippen molar-refractivity contribution in [3.63, 3.8) is 0 Å². The summed E-state index contributed by atoms with van der Waals surface area (Å²) in [5, 5.41) is 0. The van der Waals surface area contributed by atoms with Crippen LogP contribution in [0.15, 0.2) is 60.7 Å². The summed E-state index contributed by atoms with van der Waals surface area (Å²) >= 11 is 0. The predicted molar refractivity (Wildman–Crippen MR) is 98.3 cm³/mol. The van der Waals surface area contributed by atoms with Crippen molar-refractivity contribution < 1.29 is 14.3 Å². The zero-order valence-corrected chi connectivity index (χ0v) is 14.8. The molecule has 0 aromatic heterocycles. The highest BCUT2D eigenvalue weighted by molar-refractivity contribution is 6.14. The summed E-state index contributed by atoms with van der Waals surface area (Å²) in [5.74, 6) is -0.496. The number of anilines is 1. The Balaban J connectivity index is 2.25. The highest BCUT2D eigenvalue weighted by Crippen LogP contribution is 2.19. The number of rotatable bonds is 4. The van der Waals surface area contributed by atoms with Crippen LogP contribution in [0.4, 0.5) is 10.5 Å². The van der Waals surface area contributed by atoms with Gasteiger partial charge in [-0.15, -0.1) is 0 Å². The maximum absolute atomic E-state index is 12.9. The fourth-order valence-corrected chi connectivity index (χ4v) is 2.33. The standard InChI is InChI=1S/C20H24N2O3/c1-20(2,3)25-19(24)22(16-12-8-5-9-13-16)18(23)17(21)14-15-10-6-4-7-11-15/h4-13,17H,14,21H2,1-3H3/t17-/m0/s1. The minimum absolute atomic E-state index is 0.339. The van der Waals surface area contributed by atoms with Gasteiger partial charge in [0, 0.05) is 0 Å². The van der Waals surface area contributed by atoms with Gasteiger partial charge in [-0.05, 0) is 44.9 Å². The van der Waals surface area contributed by atoms with Gasteiger partial charge >= 0.3 is 6.09 Å². The van der Waals surface area contributed by atoms with Crippen LogP contribution in [0.5, 0.6) is 0 Å². The molecule has 5 heteroatoms. The van der Waals surface area contributed by atoms with Gasteiger partial charge in [0.2, 0.25) is 0 Å². The number of ether oxygens (including phenoxy) is 1. The van der Waals surface area contributed by atoms with Crippen molar-refractivity contribution >= 4 is 17.7 Å². The Morgan fingerprint density at radius 3 is 2.04 bits per heavy atom. The molecule has 0 radical (unpaired) electrons. The molecule has 0 heterocycles. The van der Waals surface area contributed by atoms with Crippen molar-refractivity contribution in [2.75, 3.05) is 4.90 Å². The van der Waals surface area contributed by atoms with Crippen LogP contribution >= 0.6 is 0 Å². The largest absolute Gasteiger partial charge is 0.443 e. The number of carbonyl (C=O) groups is 2. The lowest BCUT2D eigenvalue weighted by atomic mass is 10.1. The third kappa shape index (κ3) is 5.43. The second-order valence-electron chi connectivity index (χ2n) is 6.79. The fraction of sp³-hybridized carbons (Fsp3) is 0.300. The number of nitrogens with zero attached hydrogens (tertiary/aromatic N) is 1. The number of carbonyl (C=O) groups excluding carboxylic acids is 2. The van der Waals surface area contributed by atoms with Crippen molar-refractivity contribution in [1.82, 2.24) is 0 Å². The first-order chi connectivity index (χ1) is 11.8. The van der Waals surface area contributed by atoms with Gasteiger partial charge < -0.3 is 10.5 Å². The molecule has 0 spiro atoms. The molecule has 0 unspecified atom stereocenters. The first-order valence-corrected chi connectivity index (χ1v) is 8.19. The van der Waals surface area contributed by atoms with E-state index in [1.54, 1.807) is 45.0 Å². The molecule has 0 fully saturated rings. The topological polar surface area (TPSA) is 72.6 Å². The van der Waals surface area contributed by atoms with E-state index in [9.17, 15) is 9.59 Å². The third-order valence-electron chi connectivity index (χ3n) is 3.43. The molecule has 2 amide bonds. The number of para-hydroxylation sites is 1. The summed E-state index contributed by atoms with van der Waals surface area (Å²) in [6.45, 7) is 5.26. The van der Waals surface area contributed by atoms with Crippen LogP contribution in [0.2, 0.25) is 0 Å². The number of hydrogen-bond donors (Lipinski definition) is 1. The van der Waals surface area contributed by atoms with E-state index in [0.717, 1.165) is 10.5 Å². The lowest BCUT2D eigenvalue weighted by Gasteiger charge is -2.28. The smallest absolute Gasteiger partial charge is 0.421 e. The summed E-state index contributed by atoms with van der Waals surface area (Å²) in [7, 11) is 0. The van der Waals surface area contributed by atoms with Crippen LogP contribution in [-0.4, -0.2) is 23.6 Å². The van der Waals surface area contributed by atoms with Crippen LogP contribution in [0, 0.1) is 0 Å². The molecule has 2 aromatic rings. The van der Waals surface area contributed by atoms with Crippen molar-refractivity contribution in [3.8, 4) is 0 Å². The summed E-state index contributed by atoms with van der Waals surface area (Å²) < 4.78 is 5.39. The van der Waals surface area contributed by atoms with Gasteiger partial charge in [-0.2, -0.15) is 0 Å². The molecule has 0 saturated heterocycles. The second kappa shape index (κ2) is 7.94. The Hall–Kier alpha value is -2.66. The zero-order chi connectivity index (χ0) is 18.4. The van der Waals surface area contributed by atoms with Gasteiger partial charge in [0.1, 0.15) is 5.60 Å². The predicted octanol–water partition coefficient (Wildman–Crippen LogP) is 3.52. The molecule has 0 bridgehead atoms. The van der Waals surface area contributed by atoms with Crippen LogP contribution in [-0.2, 0) is 16.0 Å². The number of imide groups is 1. The Labute approximate surface area is 148 Å². The highest BCUT2D eigenvalue weighted by Gasteiger charge is 2.31. The van der Waals surface area contributed by atoms with E-state index in [1.165, 1.54) is 0 Å². The number of benzene rings is 2. The Morgan fingerprint density at radius 1 is 1.00 bits per heavy atom. The molecule has 5 nitrogen and oxygen atoms in total. The molecular weight excluding hydrogens is 316 g/mol. The monoisotopic (exact) mass is 340 g/mol. The van der Waals surface area contributed by atoms with Crippen LogP contribution in [0.25, 0.3) is 0 Å². The van der Waals surface area contributed by atoms with E-state index < -0.39 is 23.6 Å². The molecule has 25 heavy (non-hydrogen) atoms. The van der Waals surface area contributed by atoms with E-state index in [1.807, 2.05) is 36.4 Å². The first-order valence-electron chi connectivity index (χ1n) is 8.19. The summed E-state index contributed by atoms with van der Waals surface area (Å²) in [6.07, 6.45) is -0.390. The minimum atomic E-state index is -0.852. The van der Waals surface area contributed by atoms with Gasteiger partial charge in [-0.25, -0.2) is 9.69 Å². The quantitative estimate of drug-likeness (QED) is 0.924. The Bertz CT molecular complexity index is 709. The molecule has 0 aliphatic heterocycles. The van der Waals surface area contributed by atoms with Crippen LogP contribution in [0.3, 0.4) is 0 Å². The third-order valence-corrected chi connectivity index (χ3v) is 3.43. The molecule has 0 aliphatic carbocycles. The van der Waals surface area contributed by atoms with Crippen molar-refractivity contribution in [1.29, 1.82) is 0 Å². The average Bonchev–Trinajstić information content (AvgIpc) is 2.55. The van der Waals surface area contributed by atoms with Gasteiger partial charge in [0.15, 0.2) is 0 Å². The molecular formula is C20H24N2O3. The maximum atomic E-state index is 12.9. The number of nitrogens with two attached hydrogens (primary N) is 1. The van der Waals surface area contributed by atoms with E-state index in [-0.39, 0.29) is 0 Å². The SMILES string of the molecule is CC(C)(C)OC(=O)N(C(=O)[C@@H](N)Cc1ccccc1)c1ccccc1. The maximum Gasteiger partial charge on any atom is 0.421 e.